The third-order valence-electron chi connectivity index (χ3n) is 1.88. The highest BCUT2D eigenvalue weighted by Crippen LogP contribution is 2.38. The molecule has 0 aromatic carbocycles. The van der Waals surface area contributed by atoms with Crippen LogP contribution in [-0.2, 0) is 12.6 Å². The lowest BCUT2D eigenvalue weighted by Gasteiger charge is -2.15. The van der Waals surface area contributed by atoms with E-state index in [1.165, 1.54) is 22.6 Å². The maximum Gasteiger partial charge on any atom is 0.417 e. The van der Waals surface area contributed by atoms with Gasteiger partial charge in [-0.2, -0.15) is 18.4 Å². The average Bonchev–Trinajstić information content (AvgIpc) is 2.15. The SMILES string of the molecule is N#CCc1cnc(C(F)F)c(I)c1C(F)(F)F. The molecule has 0 spiro atoms. The van der Waals surface area contributed by atoms with E-state index in [1.807, 2.05) is 0 Å². The number of alkyl halides is 5. The Morgan fingerprint density at radius 3 is 2.41 bits per heavy atom. The van der Waals surface area contributed by atoms with Crippen LogP contribution in [0.25, 0.3) is 0 Å². The molecule has 0 amide bonds. The van der Waals surface area contributed by atoms with Crippen LogP contribution < -0.4 is 0 Å². The summed E-state index contributed by atoms with van der Waals surface area (Å²) >= 11 is 1.17. The topological polar surface area (TPSA) is 36.7 Å². The summed E-state index contributed by atoms with van der Waals surface area (Å²) in [5.74, 6) is 0. The van der Waals surface area contributed by atoms with Crippen molar-refractivity contribution in [3.05, 3.63) is 26.6 Å². The highest BCUT2D eigenvalue weighted by molar-refractivity contribution is 14.1. The Kier molecular flexibility index (Phi) is 4.24. The van der Waals surface area contributed by atoms with E-state index in [2.05, 4.69) is 4.98 Å². The van der Waals surface area contributed by atoms with E-state index in [1.54, 1.807) is 6.07 Å². The Balaban J connectivity index is 3.49. The number of hydrogen-bond acceptors (Lipinski definition) is 2. The molecule has 0 saturated heterocycles. The minimum atomic E-state index is -4.78. The number of aromatic nitrogens is 1. The second-order valence-electron chi connectivity index (χ2n) is 2.99. The third-order valence-corrected chi connectivity index (χ3v) is 2.98. The highest BCUT2D eigenvalue weighted by Gasteiger charge is 2.38. The zero-order valence-electron chi connectivity index (χ0n) is 8.02. The normalized spacial score (nSPS) is 11.6. The Labute approximate surface area is 107 Å². The van der Waals surface area contributed by atoms with Gasteiger partial charge in [0.1, 0.15) is 5.69 Å². The molecule has 0 aliphatic carbocycles. The highest BCUT2D eigenvalue weighted by atomic mass is 127. The number of nitriles is 1. The molecule has 1 aromatic heterocycles. The Hall–Kier alpha value is -0.980. The molecule has 1 rings (SSSR count). The molecule has 0 fully saturated rings. The summed E-state index contributed by atoms with van der Waals surface area (Å²) in [6.07, 6.45) is -7.72. The van der Waals surface area contributed by atoms with E-state index in [9.17, 15) is 22.0 Å². The largest absolute Gasteiger partial charge is 0.417 e. The summed E-state index contributed by atoms with van der Waals surface area (Å²) in [6, 6.07) is 1.54. The van der Waals surface area contributed by atoms with Gasteiger partial charge in [0.25, 0.3) is 6.43 Å². The Morgan fingerprint density at radius 2 is 2.00 bits per heavy atom. The van der Waals surface area contributed by atoms with Crippen molar-refractivity contribution in [3.8, 4) is 6.07 Å². The van der Waals surface area contributed by atoms with Gasteiger partial charge in [-0.25, -0.2) is 8.78 Å². The van der Waals surface area contributed by atoms with Crippen LogP contribution in [0.15, 0.2) is 6.20 Å². The van der Waals surface area contributed by atoms with E-state index >= 15 is 0 Å². The van der Waals surface area contributed by atoms with Crippen LogP contribution in [0.5, 0.6) is 0 Å². The molecule has 0 aliphatic heterocycles. The molecule has 0 unspecified atom stereocenters. The number of hydrogen-bond donors (Lipinski definition) is 0. The summed E-state index contributed by atoms with van der Waals surface area (Å²) in [4.78, 5) is 3.26. The minimum Gasteiger partial charge on any atom is -0.254 e. The quantitative estimate of drug-likeness (QED) is 0.594. The van der Waals surface area contributed by atoms with Crippen LogP contribution in [0.3, 0.4) is 0 Å². The van der Waals surface area contributed by atoms with Crippen LogP contribution >= 0.6 is 22.6 Å². The smallest absolute Gasteiger partial charge is 0.254 e. The fraction of sp³-hybridized carbons (Fsp3) is 0.333. The second kappa shape index (κ2) is 5.12. The zero-order valence-corrected chi connectivity index (χ0v) is 10.2. The standard InChI is InChI=1S/C9H4F5IN2/c10-8(11)7-6(15)5(9(12,13)14)4(1-2-16)3-17-7/h3,8H,1H2. The summed E-state index contributed by atoms with van der Waals surface area (Å²) < 4.78 is 62.2. The monoisotopic (exact) mass is 362 g/mol. The first-order valence-electron chi connectivity index (χ1n) is 4.18. The van der Waals surface area contributed by atoms with Crippen molar-refractivity contribution in [2.24, 2.45) is 0 Å². The van der Waals surface area contributed by atoms with Gasteiger partial charge in [0.15, 0.2) is 0 Å². The molecule has 1 aromatic rings. The van der Waals surface area contributed by atoms with Crippen LogP contribution in [0, 0.1) is 14.9 Å². The van der Waals surface area contributed by atoms with Gasteiger partial charge in [-0.05, 0) is 28.2 Å². The molecule has 0 atom stereocenters. The van der Waals surface area contributed by atoms with Gasteiger partial charge in [0, 0.05) is 6.20 Å². The molecule has 0 aliphatic rings. The summed E-state index contributed by atoms with van der Waals surface area (Å²) in [7, 11) is 0. The predicted octanol–water partition coefficient (Wildman–Crippen LogP) is 3.71. The molecule has 0 saturated carbocycles. The minimum absolute atomic E-state index is 0.395. The van der Waals surface area contributed by atoms with E-state index < -0.39 is 39.4 Å². The first kappa shape index (κ1) is 14.1. The lowest BCUT2D eigenvalue weighted by Crippen LogP contribution is -2.14. The van der Waals surface area contributed by atoms with Gasteiger partial charge >= 0.3 is 6.18 Å². The number of halogens is 6. The Bertz CT molecular complexity index is 464. The van der Waals surface area contributed by atoms with Crippen LogP contribution in [0.2, 0.25) is 0 Å². The van der Waals surface area contributed by atoms with E-state index in [-0.39, 0.29) is 0 Å². The lowest BCUT2D eigenvalue weighted by atomic mass is 10.1. The van der Waals surface area contributed by atoms with Gasteiger partial charge in [-0.1, -0.05) is 0 Å². The molecule has 2 nitrogen and oxygen atoms in total. The van der Waals surface area contributed by atoms with Crippen LogP contribution in [0.4, 0.5) is 22.0 Å². The molecule has 0 radical (unpaired) electrons. The van der Waals surface area contributed by atoms with Crippen LogP contribution in [0.1, 0.15) is 23.2 Å². The molecular weight excluding hydrogens is 358 g/mol. The van der Waals surface area contributed by atoms with E-state index in [0.717, 1.165) is 0 Å². The Morgan fingerprint density at radius 1 is 1.41 bits per heavy atom. The molecular formula is C9H4F5IN2. The first-order valence-corrected chi connectivity index (χ1v) is 5.26. The van der Waals surface area contributed by atoms with Crippen molar-refractivity contribution in [1.82, 2.24) is 4.98 Å². The van der Waals surface area contributed by atoms with Gasteiger partial charge in [-0.15, -0.1) is 0 Å². The maximum absolute atomic E-state index is 12.7. The van der Waals surface area contributed by atoms with Gasteiger partial charge in [0.2, 0.25) is 0 Å². The number of nitrogens with zero attached hydrogens (tertiary/aromatic N) is 2. The van der Waals surface area contributed by atoms with Crippen molar-refractivity contribution in [2.75, 3.05) is 0 Å². The maximum atomic E-state index is 12.7. The average molecular weight is 362 g/mol. The predicted molar refractivity (Wildman–Crippen MR) is 56.2 cm³/mol. The van der Waals surface area contributed by atoms with Crippen molar-refractivity contribution in [1.29, 1.82) is 5.26 Å². The zero-order chi connectivity index (χ0) is 13.2. The fourth-order valence-electron chi connectivity index (χ4n) is 1.22. The summed E-state index contributed by atoms with van der Waals surface area (Å²) in [5, 5.41) is 8.38. The third kappa shape index (κ3) is 3.02. The van der Waals surface area contributed by atoms with E-state index in [4.69, 9.17) is 5.26 Å². The molecule has 17 heavy (non-hydrogen) atoms. The van der Waals surface area contributed by atoms with Crippen molar-refractivity contribution in [3.63, 3.8) is 0 Å². The number of rotatable bonds is 2. The van der Waals surface area contributed by atoms with Crippen molar-refractivity contribution >= 4 is 22.6 Å². The van der Waals surface area contributed by atoms with Gasteiger partial charge < -0.3 is 0 Å². The number of pyridine rings is 1. The first-order chi connectivity index (χ1) is 7.79. The fourth-order valence-corrected chi connectivity index (χ4v) is 2.24. The van der Waals surface area contributed by atoms with Crippen molar-refractivity contribution < 1.29 is 22.0 Å². The molecule has 0 bridgehead atoms. The lowest BCUT2D eigenvalue weighted by molar-refractivity contribution is -0.139. The van der Waals surface area contributed by atoms with Gasteiger partial charge in [-0.3, -0.25) is 4.98 Å². The van der Waals surface area contributed by atoms with E-state index in [0.29, 0.717) is 6.20 Å². The summed E-state index contributed by atoms with van der Waals surface area (Å²) in [5.41, 5.74) is -2.52. The molecule has 92 valence electrons. The molecule has 1 heterocycles. The summed E-state index contributed by atoms with van der Waals surface area (Å²) in [6.45, 7) is 0. The van der Waals surface area contributed by atoms with Gasteiger partial charge in [0.05, 0.1) is 21.6 Å². The second-order valence-corrected chi connectivity index (χ2v) is 4.07. The van der Waals surface area contributed by atoms with Crippen molar-refractivity contribution in [2.45, 2.75) is 19.0 Å². The van der Waals surface area contributed by atoms with Crippen LogP contribution in [-0.4, -0.2) is 4.98 Å². The molecule has 8 heteroatoms. The molecule has 0 N–H and O–H groups in total.